The minimum atomic E-state index is -0.287. The molecule has 0 amide bonds. The van der Waals surface area contributed by atoms with E-state index in [1.165, 1.54) is 17.7 Å². The fourth-order valence-corrected chi connectivity index (χ4v) is 1.99. The molecule has 0 heterocycles. The third kappa shape index (κ3) is 4.87. The van der Waals surface area contributed by atoms with Crippen LogP contribution in [0.5, 0.6) is 11.5 Å². The Morgan fingerprint density at radius 3 is 2.48 bits per heavy atom. The Hall–Kier alpha value is -1.87. The predicted molar refractivity (Wildman–Crippen MR) is 84.2 cm³/mol. The van der Waals surface area contributed by atoms with Crippen LogP contribution in [0.1, 0.15) is 25.0 Å². The normalized spacial score (nSPS) is 10.9. The summed E-state index contributed by atoms with van der Waals surface area (Å²) >= 11 is 0. The summed E-state index contributed by atoms with van der Waals surface area (Å²) in [7, 11) is 0. The fourth-order valence-electron chi connectivity index (χ4n) is 1.99. The van der Waals surface area contributed by atoms with Crippen molar-refractivity contribution in [3.63, 3.8) is 0 Å². The van der Waals surface area contributed by atoms with E-state index in [2.05, 4.69) is 19.2 Å². The molecule has 0 bridgehead atoms. The van der Waals surface area contributed by atoms with Crippen LogP contribution in [0.25, 0.3) is 0 Å². The summed E-state index contributed by atoms with van der Waals surface area (Å²) in [5, 5.41) is 3.40. The molecule has 0 radical (unpaired) electrons. The Morgan fingerprint density at radius 2 is 1.81 bits per heavy atom. The lowest BCUT2D eigenvalue weighted by Gasteiger charge is -2.10. The van der Waals surface area contributed by atoms with Crippen LogP contribution in [-0.4, -0.2) is 6.54 Å². The first kappa shape index (κ1) is 15.5. The highest BCUT2D eigenvalue weighted by Gasteiger charge is 2.03. The molecular weight excluding hydrogens is 265 g/mol. The molecule has 112 valence electrons. The van der Waals surface area contributed by atoms with Crippen molar-refractivity contribution in [2.45, 2.75) is 27.3 Å². The standard InChI is InChI=1S/C18H22FNO/c1-13(2)11-20-12-15-5-8-17(9-6-15)21-18-10-16(19)7-4-14(18)3/h4-10,13,20H,11-12H2,1-3H3. The van der Waals surface area contributed by atoms with E-state index in [0.29, 0.717) is 11.7 Å². The zero-order valence-electron chi connectivity index (χ0n) is 12.8. The van der Waals surface area contributed by atoms with Crippen molar-refractivity contribution in [1.82, 2.24) is 5.32 Å². The van der Waals surface area contributed by atoms with Gasteiger partial charge in [-0.05, 0) is 48.7 Å². The van der Waals surface area contributed by atoms with E-state index in [9.17, 15) is 4.39 Å². The molecule has 0 unspecified atom stereocenters. The first-order valence-corrected chi connectivity index (χ1v) is 7.28. The van der Waals surface area contributed by atoms with Gasteiger partial charge in [0.15, 0.2) is 0 Å². The zero-order chi connectivity index (χ0) is 15.2. The lowest BCUT2D eigenvalue weighted by atomic mass is 10.2. The maximum Gasteiger partial charge on any atom is 0.133 e. The molecule has 2 aromatic carbocycles. The molecule has 21 heavy (non-hydrogen) atoms. The minimum absolute atomic E-state index is 0.287. The van der Waals surface area contributed by atoms with Gasteiger partial charge in [0.1, 0.15) is 17.3 Å². The largest absolute Gasteiger partial charge is 0.457 e. The van der Waals surface area contributed by atoms with E-state index >= 15 is 0 Å². The van der Waals surface area contributed by atoms with Gasteiger partial charge in [0.25, 0.3) is 0 Å². The average Bonchev–Trinajstić information content (AvgIpc) is 2.44. The number of aryl methyl sites for hydroxylation is 1. The molecule has 0 aliphatic heterocycles. The lowest BCUT2D eigenvalue weighted by molar-refractivity contribution is 0.472. The second kappa shape index (κ2) is 7.23. The van der Waals surface area contributed by atoms with Gasteiger partial charge in [-0.2, -0.15) is 0 Å². The van der Waals surface area contributed by atoms with Crippen LogP contribution in [0.3, 0.4) is 0 Å². The van der Waals surface area contributed by atoms with Gasteiger partial charge in [0.2, 0.25) is 0 Å². The highest BCUT2D eigenvalue weighted by molar-refractivity contribution is 5.38. The van der Waals surface area contributed by atoms with Gasteiger partial charge >= 0.3 is 0 Å². The number of halogens is 1. The van der Waals surface area contributed by atoms with Crippen LogP contribution in [0.15, 0.2) is 42.5 Å². The van der Waals surface area contributed by atoms with Crippen molar-refractivity contribution < 1.29 is 9.13 Å². The topological polar surface area (TPSA) is 21.3 Å². The van der Waals surface area contributed by atoms with Crippen LogP contribution in [-0.2, 0) is 6.54 Å². The molecule has 0 aliphatic rings. The summed E-state index contributed by atoms with van der Waals surface area (Å²) in [5.74, 6) is 1.63. The van der Waals surface area contributed by atoms with Crippen LogP contribution < -0.4 is 10.1 Å². The average molecular weight is 287 g/mol. The quantitative estimate of drug-likeness (QED) is 0.833. The minimum Gasteiger partial charge on any atom is -0.457 e. The van der Waals surface area contributed by atoms with Crippen LogP contribution in [0, 0.1) is 18.7 Å². The fraction of sp³-hybridized carbons (Fsp3) is 0.333. The summed E-state index contributed by atoms with van der Waals surface area (Å²) in [6.07, 6.45) is 0. The number of benzene rings is 2. The molecule has 0 saturated heterocycles. The SMILES string of the molecule is Cc1ccc(F)cc1Oc1ccc(CNCC(C)C)cc1. The number of ether oxygens (including phenoxy) is 1. The molecule has 0 aromatic heterocycles. The summed E-state index contributed by atoms with van der Waals surface area (Å²) in [4.78, 5) is 0. The van der Waals surface area contributed by atoms with Gasteiger partial charge in [-0.3, -0.25) is 0 Å². The van der Waals surface area contributed by atoms with Crippen molar-refractivity contribution >= 4 is 0 Å². The number of nitrogens with one attached hydrogen (secondary N) is 1. The molecule has 0 spiro atoms. The molecule has 0 aliphatic carbocycles. The Morgan fingerprint density at radius 1 is 1.10 bits per heavy atom. The van der Waals surface area contributed by atoms with Gasteiger partial charge in [-0.1, -0.05) is 32.0 Å². The number of hydrogen-bond donors (Lipinski definition) is 1. The smallest absolute Gasteiger partial charge is 0.133 e. The molecule has 0 fully saturated rings. The Labute approximate surface area is 126 Å². The molecular formula is C18H22FNO. The molecule has 0 atom stereocenters. The maximum absolute atomic E-state index is 13.2. The highest BCUT2D eigenvalue weighted by Crippen LogP contribution is 2.25. The summed E-state index contributed by atoms with van der Waals surface area (Å²) in [6, 6.07) is 12.4. The van der Waals surface area contributed by atoms with Crippen molar-refractivity contribution in [1.29, 1.82) is 0 Å². The molecule has 2 aromatic rings. The summed E-state index contributed by atoms with van der Waals surface area (Å²) in [5.41, 5.74) is 2.12. The second-order valence-electron chi connectivity index (χ2n) is 5.68. The van der Waals surface area contributed by atoms with Crippen molar-refractivity contribution in [3.05, 3.63) is 59.4 Å². The van der Waals surface area contributed by atoms with Gasteiger partial charge in [0, 0.05) is 12.6 Å². The van der Waals surface area contributed by atoms with Crippen LogP contribution in [0.2, 0.25) is 0 Å². The first-order chi connectivity index (χ1) is 10.0. The highest BCUT2D eigenvalue weighted by atomic mass is 19.1. The molecule has 2 nitrogen and oxygen atoms in total. The third-order valence-corrected chi connectivity index (χ3v) is 3.18. The van der Waals surface area contributed by atoms with Gasteiger partial charge < -0.3 is 10.1 Å². The van der Waals surface area contributed by atoms with E-state index in [1.54, 1.807) is 6.07 Å². The molecule has 2 rings (SSSR count). The number of rotatable bonds is 6. The first-order valence-electron chi connectivity index (χ1n) is 7.28. The Bertz CT molecular complexity index is 578. The molecule has 1 N–H and O–H groups in total. The maximum atomic E-state index is 13.2. The third-order valence-electron chi connectivity index (χ3n) is 3.18. The molecule has 3 heteroatoms. The second-order valence-corrected chi connectivity index (χ2v) is 5.68. The monoisotopic (exact) mass is 287 g/mol. The summed E-state index contributed by atoms with van der Waals surface area (Å²) in [6.45, 7) is 8.12. The van der Waals surface area contributed by atoms with Crippen LogP contribution >= 0.6 is 0 Å². The Balaban J connectivity index is 1.97. The molecule has 0 saturated carbocycles. The van der Waals surface area contributed by atoms with E-state index in [-0.39, 0.29) is 5.82 Å². The van der Waals surface area contributed by atoms with Crippen molar-refractivity contribution in [2.24, 2.45) is 5.92 Å². The van der Waals surface area contributed by atoms with Gasteiger partial charge in [-0.15, -0.1) is 0 Å². The van der Waals surface area contributed by atoms with Crippen molar-refractivity contribution in [2.75, 3.05) is 6.54 Å². The van der Waals surface area contributed by atoms with E-state index < -0.39 is 0 Å². The van der Waals surface area contributed by atoms with Crippen LogP contribution in [0.4, 0.5) is 4.39 Å². The predicted octanol–water partition coefficient (Wildman–Crippen LogP) is 4.67. The van der Waals surface area contributed by atoms with E-state index in [4.69, 9.17) is 4.74 Å². The zero-order valence-corrected chi connectivity index (χ0v) is 12.8. The van der Waals surface area contributed by atoms with E-state index in [1.807, 2.05) is 31.2 Å². The van der Waals surface area contributed by atoms with Gasteiger partial charge in [0.05, 0.1) is 0 Å². The van der Waals surface area contributed by atoms with Crippen molar-refractivity contribution in [3.8, 4) is 11.5 Å². The van der Waals surface area contributed by atoms with Gasteiger partial charge in [-0.25, -0.2) is 4.39 Å². The lowest BCUT2D eigenvalue weighted by Crippen LogP contribution is -2.18. The van der Waals surface area contributed by atoms with E-state index in [0.717, 1.165) is 24.4 Å². The Kier molecular flexibility index (Phi) is 5.34. The number of hydrogen-bond acceptors (Lipinski definition) is 2. The summed E-state index contributed by atoms with van der Waals surface area (Å²) < 4.78 is 19.0.